The van der Waals surface area contributed by atoms with Gasteiger partial charge < -0.3 is 4.98 Å². The summed E-state index contributed by atoms with van der Waals surface area (Å²) in [7, 11) is 0. The largest absolute Gasteiger partial charge is 0.306 e. The molecule has 4 heteroatoms. The third kappa shape index (κ3) is 2.01. The summed E-state index contributed by atoms with van der Waals surface area (Å²) in [6.07, 6.45) is 1.73. The molecule has 19 heavy (non-hydrogen) atoms. The molecule has 2 aromatic heterocycles. The third-order valence-corrected chi connectivity index (χ3v) is 3.15. The lowest BCUT2D eigenvalue weighted by Gasteiger charge is -2.06. The van der Waals surface area contributed by atoms with Crippen LogP contribution in [0.15, 0.2) is 41.3 Å². The number of aromatic nitrogens is 3. The van der Waals surface area contributed by atoms with Crippen molar-refractivity contribution in [2.75, 3.05) is 0 Å². The van der Waals surface area contributed by atoms with Crippen molar-refractivity contribution < 1.29 is 0 Å². The number of aryl methyl sites for hydroxylation is 2. The Labute approximate surface area is 110 Å². The van der Waals surface area contributed by atoms with E-state index in [-0.39, 0.29) is 5.56 Å². The molecular formula is C15H13N3O. The highest BCUT2D eigenvalue weighted by Crippen LogP contribution is 2.21. The van der Waals surface area contributed by atoms with Crippen LogP contribution in [0.1, 0.15) is 11.4 Å². The van der Waals surface area contributed by atoms with E-state index in [9.17, 15) is 4.79 Å². The quantitative estimate of drug-likeness (QED) is 0.723. The second kappa shape index (κ2) is 4.31. The van der Waals surface area contributed by atoms with E-state index in [4.69, 9.17) is 0 Å². The molecule has 94 valence electrons. The standard InChI is InChI=1S/C15H13N3O/c1-9-5-3-4-6-12(9)13-7-11-8-16-10(2)17-14(11)18-15(13)19/h3-8H,1-2H3,(H,16,17,18,19). The van der Waals surface area contributed by atoms with Gasteiger partial charge in [0.1, 0.15) is 11.5 Å². The Kier molecular flexibility index (Phi) is 2.63. The summed E-state index contributed by atoms with van der Waals surface area (Å²) < 4.78 is 0. The van der Waals surface area contributed by atoms with Crippen LogP contribution in [0.5, 0.6) is 0 Å². The van der Waals surface area contributed by atoms with Crippen molar-refractivity contribution >= 4 is 11.0 Å². The molecule has 1 N–H and O–H groups in total. The van der Waals surface area contributed by atoms with Crippen LogP contribution in [0.4, 0.5) is 0 Å². The fourth-order valence-corrected chi connectivity index (χ4v) is 2.16. The Hall–Kier alpha value is -2.49. The Bertz CT molecular complexity index is 821. The molecular weight excluding hydrogens is 238 g/mol. The molecule has 0 saturated carbocycles. The van der Waals surface area contributed by atoms with Gasteiger partial charge in [-0.05, 0) is 31.0 Å². The lowest BCUT2D eigenvalue weighted by Crippen LogP contribution is -2.10. The smallest absolute Gasteiger partial charge is 0.257 e. The Morgan fingerprint density at radius 1 is 1.11 bits per heavy atom. The molecule has 0 amide bonds. The van der Waals surface area contributed by atoms with Crippen molar-refractivity contribution in [3.8, 4) is 11.1 Å². The molecule has 0 spiro atoms. The van der Waals surface area contributed by atoms with Gasteiger partial charge in [-0.2, -0.15) is 0 Å². The van der Waals surface area contributed by atoms with Gasteiger partial charge in [-0.25, -0.2) is 9.97 Å². The Balaban J connectivity index is 2.31. The predicted molar refractivity (Wildman–Crippen MR) is 75.1 cm³/mol. The lowest BCUT2D eigenvalue weighted by atomic mass is 10.0. The van der Waals surface area contributed by atoms with E-state index in [0.29, 0.717) is 17.0 Å². The SMILES string of the molecule is Cc1ncc2cc(-c3ccccc3C)c(=O)[nH]c2n1. The van der Waals surface area contributed by atoms with Crippen LogP contribution >= 0.6 is 0 Å². The average Bonchev–Trinajstić information content (AvgIpc) is 2.39. The number of nitrogens with zero attached hydrogens (tertiary/aromatic N) is 2. The van der Waals surface area contributed by atoms with Crippen molar-refractivity contribution in [3.63, 3.8) is 0 Å². The molecule has 1 aromatic carbocycles. The van der Waals surface area contributed by atoms with Crippen molar-refractivity contribution in [2.24, 2.45) is 0 Å². The number of H-pyrrole nitrogens is 1. The number of pyridine rings is 1. The summed E-state index contributed by atoms with van der Waals surface area (Å²) in [4.78, 5) is 23.4. The first-order valence-electron chi connectivity index (χ1n) is 6.08. The van der Waals surface area contributed by atoms with E-state index in [2.05, 4.69) is 15.0 Å². The van der Waals surface area contributed by atoms with Crippen molar-refractivity contribution in [3.05, 3.63) is 58.3 Å². The van der Waals surface area contributed by atoms with Crippen LogP contribution in [0.2, 0.25) is 0 Å². The van der Waals surface area contributed by atoms with Crippen LogP contribution in [-0.2, 0) is 0 Å². The number of fused-ring (bicyclic) bond motifs is 1. The molecule has 3 aromatic rings. The van der Waals surface area contributed by atoms with E-state index < -0.39 is 0 Å². The van der Waals surface area contributed by atoms with Crippen LogP contribution in [0.25, 0.3) is 22.2 Å². The third-order valence-electron chi connectivity index (χ3n) is 3.15. The molecule has 0 atom stereocenters. The summed E-state index contributed by atoms with van der Waals surface area (Å²) in [5.41, 5.74) is 3.11. The maximum absolute atomic E-state index is 12.2. The minimum Gasteiger partial charge on any atom is -0.306 e. The fraction of sp³-hybridized carbons (Fsp3) is 0.133. The lowest BCUT2D eigenvalue weighted by molar-refractivity contribution is 1.06. The first kappa shape index (κ1) is 11.6. The molecule has 2 heterocycles. The number of benzene rings is 1. The maximum Gasteiger partial charge on any atom is 0.257 e. The highest BCUT2D eigenvalue weighted by molar-refractivity contribution is 5.80. The van der Waals surface area contributed by atoms with E-state index in [1.165, 1.54) is 0 Å². The van der Waals surface area contributed by atoms with Gasteiger partial charge in [0.2, 0.25) is 0 Å². The van der Waals surface area contributed by atoms with Crippen molar-refractivity contribution in [1.82, 2.24) is 15.0 Å². The number of hydrogen-bond donors (Lipinski definition) is 1. The topological polar surface area (TPSA) is 58.6 Å². The molecule has 4 nitrogen and oxygen atoms in total. The van der Waals surface area contributed by atoms with Crippen LogP contribution in [-0.4, -0.2) is 15.0 Å². The maximum atomic E-state index is 12.2. The van der Waals surface area contributed by atoms with Gasteiger partial charge in [-0.3, -0.25) is 4.79 Å². The molecule has 0 bridgehead atoms. The van der Waals surface area contributed by atoms with Gasteiger partial charge in [-0.15, -0.1) is 0 Å². The molecule has 0 unspecified atom stereocenters. The Morgan fingerprint density at radius 3 is 2.68 bits per heavy atom. The molecule has 3 rings (SSSR count). The van der Waals surface area contributed by atoms with Gasteiger partial charge in [0, 0.05) is 17.1 Å². The van der Waals surface area contributed by atoms with Gasteiger partial charge >= 0.3 is 0 Å². The van der Waals surface area contributed by atoms with Crippen LogP contribution in [0, 0.1) is 13.8 Å². The van der Waals surface area contributed by atoms with E-state index >= 15 is 0 Å². The summed E-state index contributed by atoms with van der Waals surface area (Å²) >= 11 is 0. The Morgan fingerprint density at radius 2 is 1.89 bits per heavy atom. The second-order valence-corrected chi connectivity index (χ2v) is 4.55. The fourth-order valence-electron chi connectivity index (χ4n) is 2.16. The van der Waals surface area contributed by atoms with E-state index in [1.54, 1.807) is 13.1 Å². The number of nitrogens with one attached hydrogen (secondary N) is 1. The summed E-state index contributed by atoms with van der Waals surface area (Å²) in [6, 6.07) is 9.67. The highest BCUT2D eigenvalue weighted by Gasteiger charge is 2.08. The zero-order valence-corrected chi connectivity index (χ0v) is 10.8. The van der Waals surface area contributed by atoms with Gasteiger partial charge in [0.05, 0.1) is 0 Å². The van der Waals surface area contributed by atoms with Gasteiger partial charge in [0.15, 0.2) is 0 Å². The molecule has 0 aliphatic rings. The minimum absolute atomic E-state index is 0.125. The first-order chi connectivity index (χ1) is 9.15. The summed E-state index contributed by atoms with van der Waals surface area (Å²) in [6.45, 7) is 3.79. The minimum atomic E-state index is -0.125. The average molecular weight is 251 g/mol. The van der Waals surface area contributed by atoms with Gasteiger partial charge in [-0.1, -0.05) is 24.3 Å². The van der Waals surface area contributed by atoms with Gasteiger partial charge in [0.25, 0.3) is 5.56 Å². The second-order valence-electron chi connectivity index (χ2n) is 4.55. The van der Waals surface area contributed by atoms with E-state index in [1.807, 2.05) is 37.3 Å². The molecule has 0 fully saturated rings. The van der Waals surface area contributed by atoms with Crippen molar-refractivity contribution in [1.29, 1.82) is 0 Å². The number of rotatable bonds is 1. The molecule has 0 saturated heterocycles. The monoisotopic (exact) mass is 251 g/mol. The highest BCUT2D eigenvalue weighted by atomic mass is 16.1. The number of hydrogen-bond acceptors (Lipinski definition) is 3. The molecule has 0 radical (unpaired) electrons. The van der Waals surface area contributed by atoms with Crippen LogP contribution < -0.4 is 5.56 Å². The predicted octanol–water partition coefficient (Wildman–Crippen LogP) is 2.60. The normalized spacial score (nSPS) is 10.8. The zero-order valence-electron chi connectivity index (χ0n) is 10.8. The number of aromatic amines is 1. The van der Waals surface area contributed by atoms with Crippen LogP contribution in [0.3, 0.4) is 0 Å². The summed E-state index contributed by atoms with van der Waals surface area (Å²) in [5.74, 6) is 0.645. The van der Waals surface area contributed by atoms with E-state index in [0.717, 1.165) is 16.5 Å². The first-order valence-corrected chi connectivity index (χ1v) is 6.08. The zero-order chi connectivity index (χ0) is 13.4. The molecule has 0 aliphatic heterocycles. The molecule has 0 aliphatic carbocycles. The summed E-state index contributed by atoms with van der Waals surface area (Å²) in [5, 5.41) is 0.837. The van der Waals surface area contributed by atoms with Crippen molar-refractivity contribution in [2.45, 2.75) is 13.8 Å².